The van der Waals surface area contributed by atoms with Crippen LogP contribution in [0.5, 0.6) is 0 Å². The average molecular weight is 242 g/mol. The lowest BCUT2D eigenvalue weighted by molar-refractivity contribution is -0.144. The standard InChI is InChI=1S/C10H14N2O3S/c1-6(2)15-9(14)5-16-10-11-7(3)4-8(13)12-10/h4,6H,5H2,1-3H3,(H,11,12,13). The summed E-state index contributed by atoms with van der Waals surface area (Å²) in [5, 5.41) is 0.436. The number of nitrogens with one attached hydrogen (secondary N) is 1. The van der Waals surface area contributed by atoms with Crippen LogP contribution in [0.1, 0.15) is 19.5 Å². The lowest BCUT2D eigenvalue weighted by Crippen LogP contribution is -2.14. The molecular formula is C10H14N2O3S. The maximum Gasteiger partial charge on any atom is 0.316 e. The minimum Gasteiger partial charge on any atom is -0.462 e. The maximum atomic E-state index is 11.2. The predicted octanol–water partition coefficient (Wildman–Crippen LogP) is 1.12. The molecule has 0 saturated carbocycles. The zero-order valence-electron chi connectivity index (χ0n) is 9.44. The van der Waals surface area contributed by atoms with Gasteiger partial charge in [0.25, 0.3) is 5.56 Å². The van der Waals surface area contributed by atoms with Crippen LogP contribution in [0, 0.1) is 6.92 Å². The monoisotopic (exact) mass is 242 g/mol. The van der Waals surface area contributed by atoms with Gasteiger partial charge < -0.3 is 9.72 Å². The predicted molar refractivity (Wildman–Crippen MR) is 61.5 cm³/mol. The summed E-state index contributed by atoms with van der Waals surface area (Å²) in [7, 11) is 0. The van der Waals surface area contributed by atoms with E-state index in [4.69, 9.17) is 4.74 Å². The summed E-state index contributed by atoms with van der Waals surface area (Å²) < 4.78 is 4.95. The van der Waals surface area contributed by atoms with Crippen LogP contribution in [-0.4, -0.2) is 27.8 Å². The number of thioether (sulfide) groups is 1. The second-order valence-electron chi connectivity index (χ2n) is 3.52. The van der Waals surface area contributed by atoms with Gasteiger partial charge in [-0.15, -0.1) is 0 Å². The second-order valence-corrected chi connectivity index (χ2v) is 4.48. The van der Waals surface area contributed by atoms with Crippen LogP contribution in [0.4, 0.5) is 0 Å². The molecule has 1 aromatic rings. The number of esters is 1. The number of H-pyrrole nitrogens is 1. The first-order valence-electron chi connectivity index (χ1n) is 4.87. The average Bonchev–Trinajstić information content (AvgIpc) is 2.12. The van der Waals surface area contributed by atoms with Crippen molar-refractivity contribution in [3.8, 4) is 0 Å². The third-order valence-electron chi connectivity index (χ3n) is 1.54. The number of hydrogen-bond donors (Lipinski definition) is 1. The van der Waals surface area contributed by atoms with Crippen molar-refractivity contribution >= 4 is 17.7 Å². The number of hydrogen-bond acceptors (Lipinski definition) is 5. The Morgan fingerprint density at radius 3 is 2.88 bits per heavy atom. The number of nitrogens with zero attached hydrogens (tertiary/aromatic N) is 1. The van der Waals surface area contributed by atoms with Crippen LogP contribution < -0.4 is 5.56 Å². The fourth-order valence-electron chi connectivity index (χ4n) is 1.04. The summed E-state index contributed by atoms with van der Waals surface area (Å²) >= 11 is 1.16. The highest BCUT2D eigenvalue weighted by atomic mass is 32.2. The van der Waals surface area contributed by atoms with Gasteiger partial charge in [0.15, 0.2) is 5.16 Å². The normalized spacial score (nSPS) is 10.5. The van der Waals surface area contributed by atoms with E-state index < -0.39 is 0 Å². The quantitative estimate of drug-likeness (QED) is 0.486. The molecule has 0 fully saturated rings. The number of ether oxygens (including phenoxy) is 1. The van der Waals surface area contributed by atoms with Gasteiger partial charge in [-0.25, -0.2) is 4.98 Å². The zero-order chi connectivity index (χ0) is 12.1. The molecule has 0 aliphatic heterocycles. The highest BCUT2D eigenvalue weighted by molar-refractivity contribution is 7.99. The molecule has 0 atom stereocenters. The Kier molecular flexibility index (Phi) is 4.54. The van der Waals surface area contributed by atoms with Crippen LogP contribution in [0.25, 0.3) is 0 Å². The van der Waals surface area contributed by atoms with Gasteiger partial charge in [-0.05, 0) is 20.8 Å². The molecule has 6 heteroatoms. The van der Waals surface area contributed by atoms with Crippen LogP contribution in [-0.2, 0) is 9.53 Å². The van der Waals surface area contributed by atoms with Gasteiger partial charge in [0, 0.05) is 11.8 Å². The Morgan fingerprint density at radius 1 is 1.62 bits per heavy atom. The maximum absolute atomic E-state index is 11.2. The minimum atomic E-state index is -0.316. The van der Waals surface area contributed by atoms with Crippen molar-refractivity contribution in [1.29, 1.82) is 0 Å². The van der Waals surface area contributed by atoms with Gasteiger partial charge in [0.1, 0.15) is 0 Å². The Hall–Kier alpha value is -1.30. The lowest BCUT2D eigenvalue weighted by atomic mass is 10.5. The minimum absolute atomic E-state index is 0.127. The zero-order valence-corrected chi connectivity index (χ0v) is 10.3. The van der Waals surface area contributed by atoms with Crippen molar-refractivity contribution < 1.29 is 9.53 Å². The van der Waals surface area contributed by atoms with E-state index in [0.29, 0.717) is 10.9 Å². The van der Waals surface area contributed by atoms with E-state index in [1.165, 1.54) is 6.07 Å². The number of rotatable bonds is 4. The molecular weight excluding hydrogens is 228 g/mol. The van der Waals surface area contributed by atoms with Gasteiger partial charge in [0.2, 0.25) is 0 Å². The molecule has 0 saturated heterocycles. The number of carbonyl (C=O) groups excluding carboxylic acids is 1. The van der Waals surface area contributed by atoms with Gasteiger partial charge >= 0.3 is 5.97 Å². The third-order valence-corrected chi connectivity index (χ3v) is 2.39. The van der Waals surface area contributed by atoms with E-state index >= 15 is 0 Å². The first kappa shape index (κ1) is 12.8. The van der Waals surface area contributed by atoms with Gasteiger partial charge in [0.05, 0.1) is 11.9 Å². The summed E-state index contributed by atoms with van der Waals surface area (Å²) in [5.41, 5.74) is 0.413. The fourth-order valence-corrected chi connectivity index (χ4v) is 1.75. The van der Waals surface area contributed by atoms with E-state index in [-0.39, 0.29) is 23.4 Å². The molecule has 16 heavy (non-hydrogen) atoms. The van der Waals surface area contributed by atoms with Crippen molar-refractivity contribution in [2.45, 2.75) is 32.0 Å². The van der Waals surface area contributed by atoms with Crippen LogP contribution >= 0.6 is 11.8 Å². The highest BCUT2D eigenvalue weighted by Gasteiger charge is 2.07. The van der Waals surface area contributed by atoms with Gasteiger partial charge in [-0.1, -0.05) is 11.8 Å². The number of aromatic amines is 1. The smallest absolute Gasteiger partial charge is 0.316 e. The Balaban J connectivity index is 2.54. The molecule has 0 amide bonds. The molecule has 0 bridgehead atoms. The molecule has 0 aromatic carbocycles. The Bertz CT molecular complexity index is 428. The first-order chi connectivity index (χ1) is 7.47. The molecule has 0 aliphatic carbocycles. The van der Waals surface area contributed by atoms with Crippen molar-refractivity contribution in [1.82, 2.24) is 9.97 Å². The van der Waals surface area contributed by atoms with Crippen molar-refractivity contribution in [2.24, 2.45) is 0 Å². The van der Waals surface area contributed by atoms with E-state index in [1.807, 2.05) is 0 Å². The molecule has 1 N–H and O–H groups in total. The number of aromatic nitrogens is 2. The molecule has 0 unspecified atom stereocenters. The molecule has 1 heterocycles. The number of carbonyl (C=O) groups is 1. The van der Waals surface area contributed by atoms with E-state index in [0.717, 1.165) is 11.8 Å². The highest BCUT2D eigenvalue weighted by Crippen LogP contribution is 2.11. The molecule has 0 radical (unpaired) electrons. The lowest BCUT2D eigenvalue weighted by Gasteiger charge is -2.06. The third kappa shape index (κ3) is 4.48. The van der Waals surface area contributed by atoms with Crippen LogP contribution in [0.3, 0.4) is 0 Å². The summed E-state index contributed by atoms with van der Waals surface area (Å²) in [5.74, 6) is -0.172. The van der Waals surface area contributed by atoms with E-state index in [2.05, 4.69) is 9.97 Å². The fraction of sp³-hybridized carbons (Fsp3) is 0.500. The molecule has 0 spiro atoms. The summed E-state index contributed by atoms with van der Waals surface area (Å²) in [6.45, 7) is 5.30. The molecule has 1 aromatic heterocycles. The molecule has 5 nitrogen and oxygen atoms in total. The summed E-state index contributed by atoms with van der Waals surface area (Å²) in [4.78, 5) is 29.0. The molecule has 88 valence electrons. The summed E-state index contributed by atoms with van der Waals surface area (Å²) in [6.07, 6.45) is -0.127. The van der Waals surface area contributed by atoms with Crippen molar-refractivity contribution in [2.75, 3.05) is 5.75 Å². The molecule has 1 rings (SSSR count). The topological polar surface area (TPSA) is 72.0 Å². The molecule has 0 aliphatic rings. The first-order valence-corrected chi connectivity index (χ1v) is 5.86. The van der Waals surface area contributed by atoms with Crippen LogP contribution in [0.15, 0.2) is 16.0 Å². The number of aryl methyl sites for hydroxylation is 1. The van der Waals surface area contributed by atoms with Gasteiger partial charge in [-0.2, -0.15) is 0 Å². The van der Waals surface area contributed by atoms with Crippen LogP contribution in [0.2, 0.25) is 0 Å². The Labute approximate surface area is 97.6 Å². The van der Waals surface area contributed by atoms with E-state index in [9.17, 15) is 9.59 Å². The van der Waals surface area contributed by atoms with E-state index in [1.54, 1.807) is 20.8 Å². The summed E-state index contributed by atoms with van der Waals surface area (Å²) in [6, 6.07) is 1.40. The van der Waals surface area contributed by atoms with Crippen molar-refractivity contribution in [3.05, 3.63) is 22.1 Å². The largest absolute Gasteiger partial charge is 0.462 e. The van der Waals surface area contributed by atoms with Gasteiger partial charge in [-0.3, -0.25) is 9.59 Å². The van der Waals surface area contributed by atoms with Crippen molar-refractivity contribution in [3.63, 3.8) is 0 Å². The Morgan fingerprint density at radius 2 is 2.31 bits per heavy atom. The second kappa shape index (κ2) is 5.69. The SMILES string of the molecule is Cc1cc(=O)[nH]c(SCC(=O)OC(C)C)n1.